The van der Waals surface area contributed by atoms with Gasteiger partial charge in [-0.05, 0) is 93.1 Å². The van der Waals surface area contributed by atoms with Crippen molar-refractivity contribution in [3.8, 4) is 11.1 Å². The summed E-state index contributed by atoms with van der Waals surface area (Å²) in [6, 6.07) is 8.47. The number of fused-ring (bicyclic) bond motifs is 1. The van der Waals surface area contributed by atoms with Gasteiger partial charge in [-0.25, -0.2) is 0 Å². The van der Waals surface area contributed by atoms with Crippen LogP contribution in [0.2, 0.25) is 0 Å². The van der Waals surface area contributed by atoms with Crippen molar-refractivity contribution in [3.63, 3.8) is 0 Å². The van der Waals surface area contributed by atoms with E-state index in [0.29, 0.717) is 23.4 Å². The SMILES string of the molecule is CCC1=C(C(=O)NC2CCCC2)C=CC(NC(=O)c2n[nH]c3ccc(-c4cncc(CN5CCCCC5)c4)cc23)=CC1. The molecule has 42 heavy (non-hydrogen) atoms. The molecule has 3 heterocycles. The van der Waals surface area contributed by atoms with Crippen LogP contribution in [0.25, 0.3) is 22.0 Å². The molecule has 3 N–H and O–H groups in total. The second kappa shape index (κ2) is 12.9. The van der Waals surface area contributed by atoms with E-state index in [2.05, 4.69) is 43.7 Å². The highest BCUT2D eigenvalue weighted by Gasteiger charge is 2.22. The Morgan fingerprint density at radius 1 is 0.976 bits per heavy atom. The molecule has 0 bridgehead atoms. The number of aromatic amines is 1. The Balaban J connectivity index is 1.17. The topological polar surface area (TPSA) is 103 Å². The van der Waals surface area contributed by atoms with E-state index in [1.807, 2.05) is 48.8 Å². The zero-order valence-electron chi connectivity index (χ0n) is 24.4. The van der Waals surface area contributed by atoms with Crippen molar-refractivity contribution in [3.05, 3.63) is 83.0 Å². The van der Waals surface area contributed by atoms with Crippen molar-refractivity contribution in [1.82, 2.24) is 30.7 Å². The van der Waals surface area contributed by atoms with E-state index in [9.17, 15) is 9.59 Å². The number of piperidine rings is 1. The molecule has 8 nitrogen and oxygen atoms in total. The van der Waals surface area contributed by atoms with Crippen LogP contribution < -0.4 is 10.6 Å². The number of pyridine rings is 1. The molecule has 3 aromatic rings. The van der Waals surface area contributed by atoms with Crippen LogP contribution in [0.3, 0.4) is 0 Å². The summed E-state index contributed by atoms with van der Waals surface area (Å²) in [7, 11) is 0. The van der Waals surface area contributed by atoms with E-state index in [4.69, 9.17) is 0 Å². The van der Waals surface area contributed by atoms with Crippen LogP contribution in [0.4, 0.5) is 0 Å². The Labute approximate surface area is 247 Å². The van der Waals surface area contributed by atoms with E-state index in [0.717, 1.165) is 66.5 Å². The average molecular weight is 565 g/mol. The molecule has 1 aromatic carbocycles. The van der Waals surface area contributed by atoms with Crippen molar-refractivity contribution in [2.75, 3.05) is 13.1 Å². The lowest BCUT2D eigenvalue weighted by Gasteiger charge is -2.26. The fourth-order valence-corrected chi connectivity index (χ4v) is 6.36. The maximum absolute atomic E-state index is 13.4. The molecular formula is C34H40N6O2. The fraction of sp³-hybridized carbons (Fsp3) is 0.412. The number of rotatable bonds is 8. The molecular weight excluding hydrogens is 524 g/mol. The average Bonchev–Trinajstić information content (AvgIpc) is 3.64. The maximum Gasteiger partial charge on any atom is 0.276 e. The predicted molar refractivity (Wildman–Crippen MR) is 165 cm³/mol. The maximum atomic E-state index is 13.4. The first-order valence-corrected chi connectivity index (χ1v) is 15.4. The highest BCUT2D eigenvalue weighted by atomic mass is 16.2. The Kier molecular flexibility index (Phi) is 8.60. The summed E-state index contributed by atoms with van der Waals surface area (Å²) in [4.78, 5) is 33.5. The number of benzene rings is 1. The molecule has 2 amide bonds. The van der Waals surface area contributed by atoms with Gasteiger partial charge in [0, 0.05) is 47.2 Å². The smallest absolute Gasteiger partial charge is 0.276 e. The monoisotopic (exact) mass is 564 g/mol. The minimum absolute atomic E-state index is 0.0173. The van der Waals surface area contributed by atoms with Crippen LogP contribution >= 0.6 is 0 Å². The van der Waals surface area contributed by atoms with Gasteiger partial charge < -0.3 is 10.6 Å². The fourth-order valence-electron chi connectivity index (χ4n) is 6.36. The first-order valence-electron chi connectivity index (χ1n) is 15.4. The molecule has 0 spiro atoms. The number of H-pyrrole nitrogens is 1. The van der Waals surface area contributed by atoms with Crippen molar-refractivity contribution < 1.29 is 9.59 Å². The lowest BCUT2D eigenvalue weighted by atomic mass is 10.0. The standard InChI is InChI=1S/C34H40N6O2/c1-2-24-10-12-28(13-14-29(24)33(41)36-27-8-4-5-9-27)37-34(42)32-30-19-25(11-15-31(30)38-39-32)26-18-23(20-35-21-26)22-40-16-6-3-7-17-40/h11-15,18-21,27H,2-10,16-17,22H2,1H3,(H,36,41)(H,37,42)(H,38,39). The van der Waals surface area contributed by atoms with E-state index >= 15 is 0 Å². The highest BCUT2D eigenvalue weighted by Crippen LogP contribution is 2.27. The van der Waals surface area contributed by atoms with Gasteiger partial charge in [0.15, 0.2) is 5.69 Å². The van der Waals surface area contributed by atoms with Crippen molar-refractivity contribution in [2.24, 2.45) is 0 Å². The van der Waals surface area contributed by atoms with Gasteiger partial charge >= 0.3 is 0 Å². The van der Waals surface area contributed by atoms with Gasteiger partial charge in [-0.15, -0.1) is 0 Å². The number of allylic oxidation sites excluding steroid dienone is 3. The zero-order chi connectivity index (χ0) is 28.9. The van der Waals surface area contributed by atoms with E-state index < -0.39 is 0 Å². The third-order valence-corrected chi connectivity index (χ3v) is 8.76. The number of amides is 2. The summed E-state index contributed by atoms with van der Waals surface area (Å²) in [5.74, 6) is -0.306. The molecule has 1 aliphatic heterocycles. The van der Waals surface area contributed by atoms with Crippen molar-refractivity contribution in [1.29, 1.82) is 0 Å². The van der Waals surface area contributed by atoms with E-state index in [1.165, 1.54) is 37.7 Å². The highest BCUT2D eigenvalue weighted by molar-refractivity contribution is 6.06. The molecule has 0 unspecified atom stereocenters. The van der Waals surface area contributed by atoms with E-state index in [-0.39, 0.29) is 17.9 Å². The number of likely N-dealkylation sites (tertiary alicyclic amines) is 1. The number of aromatic nitrogens is 3. The van der Waals surface area contributed by atoms with Gasteiger partial charge in [-0.3, -0.25) is 24.6 Å². The van der Waals surface area contributed by atoms with Gasteiger partial charge in [0.05, 0.1) is 5.52 Å². The Bertz CT molecular complexity index is 1550. The Hall–Kier alpha value is -4.04. The van der Waals surface area contributed by atoms with Gasteiger partial charge in [0.1, 0.15) is 0 Å². The first kappa shape index (κ1) is 28.1. The van der Waals surface area contributed by atoms with Crippen molar-refractivity contribution in [2.45, 2.75) is 77.3 Å². The molecule has 2 aliphatic carbocycles. The first-order chi connectivity index (χ1) is 20.6. The van der Waals surface area contributed by atoms with Crippen LogP contribution in [-0.2, 0) is 11.3 Å². The predicted octanol–water partition coefficient (Wildman–Crippen LogP) is 5.95. The Morgan fingerprint density at radius 3 is 2.62 bits per heavy atom. The quantitative estimate of drug-likeness (QED) is 0.314. The number of nitrogens with one attached hydrogen (secondary N) is 3. The summed E-state index contributed by atoms with van der Waals surface area (Å²) >= 11 is 0. The van der Waals surface area contributed by atoms with Gasteiger partial charge in [-0.1, -0.05) is 43.9 Å². The summed E-state index contributed by atoms with van der Waals surface area (Å²) in [6.07, 6.45) is 19.1. The van der Waals surface area contributed by atoms with Crippen LogP contribution in [0.1, 0.15) is 80.8 Å². The lowest BCUT2D eigenvalue weighted by Crippen LogP contribution is -2.33. The minimum atomic E-state index is -0.289. The third kappa shape index (κ3) is 6.39. The number of nitrogens with zero attached hydrogens (tertiary/aromatic N) is 3. The molecule has 8 heteroatoms. The second-order valence-electron chi connectivity index (χ2n) is 11.7. The summed E-state index contributed by atoms with van der Waals surface area (Å²) in [5.41, 5.74) is 6.79. The molecule has 218 valence electrons. The number of carbonyl (C=O) groups is 2. The molecule has 2 fully saturated rings. The molecule has 1 saturated carbocycles. The molecule has 0 radical (unpaired) electrons. The summed E-state index contributed by atoms with van der Waals surface area (Å²) in [5, 5.41) is 14.3. The van der Waals surface area contributed by atoms with Crippen LogP contribution in [0.5, 0.6) is 0 Å². The largest absolute Gasteiger partial charge is 0.349 e. The van der Waals surface area contributed by atoms with Crippen molar-refractivity contribution >= 4 is 22.7 Å². The molecule has 2 aromatic heterocycles. The summed E-state index contributed by atoms with van der Waals surface area (Å²) in [6.45, 7) is 5.25. The molecule has 0 atom stereocenters. The molecule has 1 saturated heterocycles. The third-order valence-electron chi connectivity index (χ3n) is 8.76. The van der Waals surface area contributed by atoms with Crippen LogP contribution in [-0.4, -0.2) is 51.0 Å². The minimum Gasteiger partial charge on any atom is -0.349 e. The van der Waals surface area contributed by atoms with Crippen LogP contribution in [0.15, 0.2) is 71.7 Å². The number of hydrogen-bond acceptors (Lipinski definition) is 5. The number of hydrogen-bond donors (Lipinski definition) is 3. The lowest BCUT2D eigenvalue weighted by molar-refractivity contribution is -0.117. The normalized spacial score (nSPS) is 18.3. The zero-order valence-corrected chi connectivity index (χ0v) is 24.4. The van der Waals surface area contributed by atoms with Gasteiger partial charge in [0.2, 0.25) is 0 Å². The molecule has 6 rings (SSSR count). The molecule has 3 aliphatic rings. The van der Waals surface area contributed by atoms with Gasteiger partial charge in [-0.2, -0.15) is 5.10 Å². The van der Waals surface area contributed by atoms with Gasteiger partial charge in [0.25, 0.3) is 11.8 Å². The Morgan fingerprint density at radius 2 is 1.81 bits per heavy atom. The number of carbonyl (C=O) groups excluding carboxylic acids is 2. The second-order valence-corrected chi connectivity index (χ2v) is 11.7. The van der Waals surface area contributed by atoms with E-state index in [1.54, 1.807) is 0 Å². The summed E-state index contributed by atoms with van der Waals surface area (Å²) < 4.78 is 0. The van der Waals surface area contributed by atoms with Crippen LogP contribution in [0, 0.1) is 0 Å².